The standard InChI is InChI=1S/C20H25N3O/c1-16-7-9-17(10-8-16)20(2,3)19(24)23-14-12-22(13-15-23)18-6-4-5-11-21-18/h4-11H,12-15H2,1-3H3. The van der Waals surface area contributed by atoms with E-state index in [0.717, 1.165) is 37.6 Å². The zero-order chi connectivity index (χ0) is 17.2. The number of aromatic nitrogens is 1. The summed E-state index contributed by atoms with van der Waals surface area (Å²) in [5.74, 6) is 1.19. The van der Waals surface area contributed by atoms with Crippen LogP contribution in [0.2, 0.25) is 0 Å². The Balaban J connectivity index is 1.67. The van der Waals surface area contributed by atoms with E-state index in [9.17, 15) is 4.79 Å². The number of piperazine rings is 1. The van der Waals surface area contributed by atoms with Gasteiger partial charge in [0.1, 0.15) is 5.82 Å². The van der Waals surface area contributed by atoms with E-state index >= 15 is 0 Å². The van der Waals surface area contributed by atoms with Gasteiger partial charge in [-0.05, 0) is 38.5 Å². The van der Waals surface area contributed by atoms with Crippen molar-refractivity contribution >= 4 is 11.7 Å². The van der Waals surface area contributed by atoms with Crippen LogP contribution in [-0.4, -0.2) is 42.0 Å². The van der Waals surface area contributed by atoms with E-state index in [1.165, 1.54) is 5.56 Å². The van der Waals surface area contributed by atoms with Crippen molar-refractivity contribution in [3.8, 4) is 0 Å². The van der Waals surface area contributed by atoms with Crippen molar-refractivity contribution in [3.05, 3.63) is 59.8 Å². The number of carbonyl (C=O) groups is 1. The van der Waals surface area contributed by atoms with Crippen LogP contribution in [0.5, 0.6) is 0 Å². The first-order valence-electron chi connectivity index (χ1n) is 8.51. The van der Waals surface area contributed by atoms with Crippen LogP contribution in [0.15, 0.2) is 48.7 Å². The normalized spacial score (nSPS) is 15.5. The Morgan fingerprint density at radius 2 is 1.67 bits per heavy atom. The van der Waals surface area contributed by atoms with Crippen molar-refractivity contribution in [2.24, 2.45) is 0 Å². The summed E-state index contributed by atoms with van der Waals surface area (Å²) in [6.07, 6.45) is 1.81. The monoisotopic (exact) mass is 323 g/mol. The minimum atomic E-state index is -0.499. The fourth-order valence-electron chi connectivity index (χ4n) is 3.17. The number of rotatable bonds is 3. The average Bonchev–Trinajstić information content (AvgIpc) is 2.62. The number of pyridine rings is 1. The van der Waals surface area contributed by atoms with Crippen molar-refractivity contribution in [2.75, 3.05) is 31.1 Å². The Labute approximate surface area is 144 Å². The number of hydrogen-bond donors (Lipinski definition) is 0. The molecule has 1 fully saturated rings. The first-order chi connectivity index (χ1) is 11.5. The van der Waals surface area contributed by atoms with Gasteiger partial charge in [0, 0.05) is 32.4 Å². The molecule has 1 aromatic carbocycles. The lowest BCUT2D eigenvalue weighted by Crippen LogP contribution is -2.53. The average molecular weight is 323 g/mol. The van der Waals surface area contributed by atoms with Crippen LogP contribution in [0.3, 0.4) is 0 Å². The van der Waals surface area contributed by atoms with Crippen LogP contribution in [0.1, 0.15) is 25.0 Å². The number of anilines is 1. The summed E-state index contributed by atoms with van der Waals surface area (Å²) in [7, 11) is 0. The summed E-state index contributed by atoms with van der Waals surface area (Å²) < 4.78 is 0. The quantitative estimate of drug-likeness (QED) is 0.871. The summed E-state index contributed by atoms with van der Waals surface area (Å²) in [4.78, 5) is 21.7. The molecule has 2 heterocycles. The molecule has 126 valence electrons. The van der Waals surface area contributed by atoms with Crippen molar-refractivity contribution < 1.29 is 4.79 Å². The van der Waals surface area contributed by atoms with Crippen molar-refractivity contribution in [3.63, 3.8) is 0 Å². The Morgan fingerprint density at radius 3 is 2.25 bits per heavy atom. The third-order valence-electron chi connectivity index (χ3n) is 4.85. The Morgan fingerprint density at radius 1 is 1.00 bits per heavy atom. The van der Waals surface area contributed by atoms with Crippen LogP contribution < -0.4 is 4.90 Å². The van der Waals surface area contributed by atoms with Gasteiger partial charge in [0.2, 0.25) is 5.91 Å². The van der Waals surface area contributed by atoms with Crippen LogP contribution >= 0.6 is 0 Å². The highest BCUT2D eigenvalue weighted by Crippen LogP contribution is 2.27. The van der Waals surface area contributed by atoms with Gasteiger partial charge in [0.15, 0.2) is 0 Å². The predicted octanol–water partition coefficient (Wildman–Crippen LogP) is 3.02. The molecule has 0 bridgehead atoms. The number of nitrogens with zero attached hydrogens (tertiary/aromatic N) is 3. The third kappa shape index (κ3) is 3.28. The molecule has 0 unspecified atom stereocenters. The third-order valence-corrected chi connectivity index (χ3v) is 4.85. The van der Waals surface area contributed by atoms with Crippen LogP contribution in [-0.2, 0) is 10.2 Å². The van der Waals surface area contributed by atoms with E-state index in [1.807, 2.05) is 43.1 Å². The number of benzene rings is 1. The molecule has 1 amide bonds. The first-order valence-corrected chi connectivity index (χ1v) is 8.51. The molecule has 4 nitrogen and oxygen atoms in total. The fraction of sp³-hybridized carbons (Fsp3) is 0.400. The number of amides is 1. The SMILES string of the molecule is Cc1ccc(C(C)(C)C(=O)N2CCN(c3ccccn3)CC2)cc1. The molecule has 2 aromatic rings. The van der Waals surface area contributed by atoms with Crippen LogP contribution in [0.25, 0.3) is 0 Å². The van der Waals surface area contributed by atoms with E-state index in [0.29, 0.717) is 0 Å². The lowest BCUT2D eigenvalue weighted by Gasteiger charge is -2.39. The van der Waals surface area contributed by atoms with Gasteiger partial charge in [-0.3, -0.25) is 4.79 Å². The molecule has 0 spiro atoms. The molecular formula is C20H25N3O. The Kier molecular flexibility index (Phi) is 4.56. The van der Waals surface area contributed by atoms with Crippen LogP contribution in [0.4, 0.5) is 5.82 Å². The van der Waals surface area contributed by atoms with Gasteiger partial charge < -0.3 is 9.80 Å². The molecule has 4 heteroatoms. The second-order valence-corrected chi connectivity index (χ2v) is 6.96. The topological polar surface area (TPSA) is 36.4 Å². The van der Waals surface area contributed by atoms with Crippen molar-refractivity contribution in [2.45, 2.75) is 26.2 Å². The van der Waals surface area contributed by atoms with Crippen LogP contribution in [0, 0.1) is 6.92 Å². The van der Waals surface area contributed by atoms with Crippen molar-refractivity contribution in [1.82, 2.24) is 9.88 Å². The highest BCUT2D eigenvalue weighted by Gasteiger charge is 2.35. The van der Waals surface area contributed by atoms with Gasteiger partial charge in [-0.1, -0.05) is 35.9 Å². The van der Waals surface area contributed by atoms with Gasteiger partial charge in [-0.2, -0.15) is 0 Å². The molecule has 0 aliphatic carbocycles. The molecule has 3 rings (SSSR count). The van der Waals surface area contributed by atoms with Gasteiger partial charge in [-0.25, -0.2) is 4.98 Å². The summed E-state index contributed by atoms with van der Waals surface area (Å²) in [5, 5.41) is 0. The molecule has 1 aliphatic rings. The molecule has 1 aromatic heterocycles. The van der Waals surface area contributed by atoms with E-state index in [2.05, 4.69) is 41.1 Å². The smallest absolute Gasteiger partial charge is 0.232 e. The first kappa shape index (κ1) is 16.5. The molecule has 24 heavy (non-hydrogen) atoms. The minimum Gasteiger partial charge on any atom is -0.353 e. The summed E-state index contributed by atoms with van der Waals surface area (Å²) in [6.45, 7) is 9.24. The maximum atomic E-state index is 13.0. The minimum absolute atomic E-state index is 0.201. The summed E-state index contributed by atoms with van der Waals surface area (Å²) >= 11 is 0. The lowest BCUT2D eigenvalue weighted by atomic mass is 9.82. The van der Waals surface area contributed by atoms with E-state index < -0.39 is 5.41 Å². The molecular weight excluding hydrogens is 298 g/mol. The fourth-order valence-corrected chi connectivity index (χ4v) is 3.17. The predicted molar refractivity (Wildman–Crippen MR) is 97.2 cm³/mol. The highest BCUT2D eigenvalue weighted by molar-refractivity contribution is 5.87. The van der Waals surface area contributed by atoms with Gasteiger partial charge >= 0.3 is 0 Å². The Bertz CT molecular complexity index is 687. The van der Waals surface area contributed by atoms with E-state index in [4.69, 9.17) is 0 Å². The summed E-state index contributed by atoms with van der Waals surface area (Å²) in [6, 6.07) is 14.2. The maximum Gasteiger partial charge on any atom is 0.232 e. The van der Waals surface area contributed by atoms with Gasteiger partial charge in [0.05, 0.1) is 5.41 Å². The second-order valence-electron chi connectivity index (χ2n) is 6.96. The molecule has 0 saturated carbocycles. The number of carbonyl (C=O) groups excluding carboxylic acids is 1. The number of hydrogen-bond acceptors (Lipinski definition) is 3. The number of aryl methyl sites for hydroxylation is 1. The summed E-state index contributed by atoms with van der Waals surface area (Å²) in [5.41, 5.74) is 1.79. The molecule has 0 N–H and O–H groups in total. The maximum absolute atomic E-state index is 13.0. The highest BCUT2D eigenvalue weighted by atomic mass is 16.2. The zero-order valence-corrected chi connectivity index (χ0v) is 14.7. The molecule has 1 saturated heterocycles. The van der Waals surface area contributed by atoms with Crippen molar-refractivity contribution in [1.29, 1.82) is 0 Å². The Hall–Kier alpha value is -2.36. The van der Waals surface area contributed by atoms with E-state index in [1.54, 1.807) is 0 Å². The molecule has 0 radical (unpaired) electrons. The largest absolute Gasteiger partial charge is 0.353 e. The van der Waals surface area contributed by atoms with Gasteiger partial charge in [0.25, 0.3) is 0 Å². The van der Waals surface area contributed by atoms with E-state index in [-0.39, 0.29) is 5.91 Å². The molecule has 0 atom stereocenters. The second kappa shape index (κ2) is 6.63. The zero-order valence-electron chi connectivity index (χ0n) is 14.7. The molecule has 1 aliphatic heterocycles. The lowest BCUT2D eigenvalue weighted by molar-refractivity contribution is -0.136. The van der Waals surface area contributed by atoms with Gasteiger partial charge in [-0.15, -0.1) is 0 Å².